The van der Waals surface area contributed by atoms with Gasteiger partial charge in [0, 0.05) is 17.4 Å². The first-order chi connectivity index (χ1) is 25.3. The minimum absolute atomic E-state index is 0.174. The predicted octanol–water partition coefficient (Wildman–Crippen LogP) is 12.7. The number of pyridine rings is 1. The second-order valence-electron chi connectivity index (χ2n) is 12.9. The molecule has 2 heterocycles. The molecule has 0 fully saturated rings. The normalized spacial score (nSPS) is 13.4. The van der Waals surface area contributed by atoms with Crippen LogP contribution in [-0.4, -0.2) is 4.98 Å². The Hall–Kier alpha value is -6.71. The van der Waals surface area contributed by atoms with Gasteiger partial charge in [0.25, 0.3) is 0 Å². The van der Waals surface area contributed by atoms with Gasteiger partial charge in [-0.25, -0.2) is 4.98 Å². The molecular weight excluding hydrogens is 619 g/mol. The Morgan fingerprint density at radius 3 is 1.24 bits per heavy atom. The molecule has 1 unspecified atom stereocenters. The fourth-order valence-corrected chi connectivity index (χ4v) is 7.09. The minimum atomic E-state index is -0.174. The van der Waals surface area contributed by atoms with Crippen LogP contribution in [0.25, 0.3) is 55.6 Å². The molecule has 0 saturated carbocycles. The molecule has 0 aliphatic carbocycles. The molecule has 0 saturated heterocycles. The van der Waals surface area contributed by atoms with Crippen LogP contribution in [0.2, 0.25) is 0 Å². The molecule has 0 radical (unpaired) electrons. The summed E-state index contributed by atoms with van der Waals surface area (Å²) in [4.78, 5) is 7.39. The number of rotatable bonds is 7. The van der Waals surface area contributed by atoms with E-state index in [0.29, 0.717) is 0 Å². The van der Waals surface area contributed by atoms with E-state index in [2.05, 4.69) is 198 Å². The van der Waals surface area contributed by atoms with Gasteiger partial charge in [-0.3, -0.25) is 4.90 Å². The zero-order valence-electron chi connectivity index (χ0n) is 28.0. The molecule has 1 aliphatic rings. The van der Waals surface area contributed by atoms with Crippen molar-refractivity contribution in [3.8, 4) is 55.6 Å². The molecule has 9 rings (SSSR count). The third-order valence-electron chi connectivity index (χ3n) is 9.71. The average molecular weight is 654 g/mol. The fraction of sp³-hybridized carbons (Fsp3) is 0.0208. The first kappa shape index (κ1) is 30.4. The van der Waals surface area contributed by atoms with Crippen LogP contribution in [0.3, 0.4) is 0 Å². The van der Waals surface area contributed by atoms with Gasteiger partial charge in [-0.2, -0.15) is 0 Å². The van der Waals surface area contributed by atoms with Gasteiger partial charge in [-0.15, -0.1) is 0 Å². The van der Waals surface area contributed by atoms with Crippen molar-refractivity contribution in [2.24, 2.45) is 0 Å². The Balaban J connectivity index is 1.16. The van der Waals surface area contributed by atoms with Crippen molar-refractivity contribution < 1.29 is 0 Å². The van der Waals surface area contributed by atoms with E-state index in [0.717, 1.165) is 45.0 Å². The van der Waals surface area contributed by atoms with Crippen molar-refractivity contribution in [1.29, 1.82) is 0 Å². The number of para-hydroxylation sites is 1. The van der Waals surface area contributed by atoms with E-state index >= 15 is 0 Å². The summed E-state index contributed by atoms with van der Waals surface area (Å²) < 4.78 is 0. The summed E-state index contributed by atoms with van der Waals surface area (Å²) in [5, 5.41) is 3.89. The molecule has 1 atom stereocenters. The monoisotopic (exact) mass is 653 g/mol. The van der Waals surface area contributed by atoms with Crippen molar-refractivity contribution >= 4 is 17.2 Å². The lowest BCUT2D eigenvalue weighted by molar-refractivity contribution is 0.821. The highest BCUT2D eigenvalue weighted by Gasteiger charge is 2.33. The van der Waals surface area contributed by atoms with Gasteiger partial charge < -0.3 is 5.32 Å². The number of anilines is 3. The Morgan fingerprint density at radius 1 is 0.373 bits per heavy atom. The molecule has 1 aromatic heterocycles. The second-order valence-corrected chi connectivity index (χ2v) is 12.9. The number of nitrogens with zero attached hydrogens (tertiary/aromatic N) is 2. The molecule has 8 aromatic rings. The molecule has 242 valence electrons. The minimum Gasteiger partial charge on any atom is -0.358 e. The maximum absolute atomic E-state index is 5.07. The lowest BCUT2D eigenvalue weighted by Crippen LogP contribution is -2.24. The van der Waals surface area contributed by atoms with E-state index in [1.165, 1.54) is 33.4 Å². The molecule has 0 bridgehead atoms. The Morgan fingerprint density at radius 2 is 0.765 bits per heavy atom. The maximum Gasteiger partial charge on any atom is 0.158 e. The van der Waals surface area contributed by atoms with E-state index in [4.69, 9.17) is 4.98 Å². The number of aromatic nitrogens is 1. The van der Waals surface area contributed by atoms with Gasteiger partial charge >= 0.3 is 0 Å². The summed E-state index contributed by atoms with van der Waals surface area (Å²) in [6.45, 7) is 0. The quantitative estimate of drug-likeness (QED) is 0.186. The van der Waals surface area contributed by atoms with Crippen molar-refractivity contribution in [1.82, 2.24) is 4.98 Å². The third kappa shape index (κ3) is 6.07. The fourth-order valence-electron chi connectivity index (χ4n) is 7.09. The third-order valence-corrected chi connectivity index (χ3v) is 9.71. The first-order valence-corrected chi connectivity index (χ1v) is 17.4. The first-order valence-electron chi connectivity index (χ1n) is 17.4. The van der Waals surface area contributed by atoms with Crippen molar-refractivity contribution in [2.75, 3.05) is 10.2 Å². The topological polar surface area (TPSA) is 28.2 Å². The van der Waals surface area contributed by atoms with Crippen LogP contribution in [0.5, 0.6) is 0 Å². The lowest BCUT2D eigenvalue weighted by Gasteiger charge is -2.27. The van der Waals surface area contributed by atoms with E-state index in [1.807, 2.05) is 12.3 Å². The molecule has 0 amide bonds. The lowest BCUT2D eigenvalue weighted by atomic mass is 9.93. The zero-order chi connectivity index (χ0) is 34.0. The van der Waals surface area contributed by atoms with Crippen LogP contribution in [0.1, 0.15) is 11.7 Å². The number of benzene rings is 7. The SMILES string of the molecule is c1ccc(-c2ccc(-c3cc(-c4ccc(-c5ccccc5)cc4)cc(C4Nc5cc(-c6ccccc6)cnc5N4c4ccccc4)c3)cc2)cc1. The highest BCUT2D eigenvalue weighted by Crippen LogP contribution is 2.47. The van der Waals surface area contributed by atoms with Crippen LogP contribution < -0.4 is 10.2 Å². The second kappa shape index (κ2) is 13.3. The van der Waals surface area contributed by atoms with Crippen LogP contribution in [0.15, 0.2) is 200 Å². The summed E-state index contributed by atoms with van der Waals surface area (Å²) in [5.74, 6) is 0.914. The van der Waals surface area contributed by atoms with E-state index in [1.54, 1.807) is 0 Å². The number of hydrogen-bond donors (Lipinski definition) is 1. The summed E-state index contributed by atoms with van der Waals surface area (Å²) in [7, 11) is 0. The van der Waals surface area contributed by atoms with Gasteiger partial charge in [0.15, 0.2) is 5.82 Å². The number of hydrogen-bond acceptors (Lipinski definition) is 3. The highest BCUT2D eigenvalue weighted by molar-refractivity contribution is 5.85. The molecular formula is C48H35N3. The van der Waals surface area contributed by atoms with E-state index < -0.39 is 0 Å². The maximum atomic E-state index is 5.07. The Labute approximate surface area is 299 Å². The number of fused-ring (bicyclic) bond motifs is 1. The smallest absolute Gasteiger partial charge is 0.158 e. The van der Waals surface area contributed by atoms with E-state index in [-0.39, 0.29) is 6.17 Å². The molecule has 3 heteroatoms. The summed E-state index contributed by atoms with van der Waals surface area (Å²) in [5.41, 5.74) is 15.0. The standard InChI is InChI=1S/C48H35N3/c1-5-13-34(14-6-1)37-21-25-39(26-22-37)41-29-42(40-27-23-38(24-28-40)35-15-7-2-8-16-35)31-43(30-41)47-50-46-32-44(36-17-9-3-10-18-36)33-49-48(46)51(47)45-19-11-4-12-20-45/h1-33,47,50H. The summed E-state index contributed by atoms with van der Waals surface area (Å²) >= 11 is 0. The Bertz CT molecular complexity index is 2310. The zero-order valence-corrected chi connectivity index (χ0v) is 28.0. The van der Waals surface area contributed by atoms with E-state index in [9.17, 15) is 0 Å². The van der Waals surface area contributed by atoms with Crippen molar-refractivity contribution in [3.05, 3.63) is 206 Å². The van der Waals surface area contributed by atoms with Crippen molar-refractivity contribution in [2.45, 2.75) is 6.17 Å². The molecule has 1 N–H and O–H groups in total. The molecule has 1 aliphatic heterocycles. The van der Waals surface area contributed by atoms with Gasteiger partial charge in [0.1, 0.15) is 6.17 Å². The van der Waals surface area contributed by atoms with Crippen molar-refractivity contribution in [3.63, 3.8) is 0 Å². The molecule has 3 nitrogen and oxygen atoms in total. The Kier molecular flexibility index (Phi) is 7.92. The molecule has 0 spiro atoms. The van der Waals surface area contributed by atoms with Gasteiger partial charge in [-0.05, 0) is 92.0 Å². The van der Waals surface area contributed by atoms with Crippen LogP contribution in [-0.2, 0) is 0 Å². The van der Waals surface area contributed by atoms with Crippen LogP contribution >= 0.6 is 0 Å². The summed E-state index contributed by atoms with van der Waals surface area (Å²) in [6.07, 6.45) is 1.81. The summed E-state index contributed by atoms with van der Waals surface area (Å²) in [6, 6.07) is 69.2. The van der Waals surface area contributed by atoms with Gasteiger partial charge in [0.05, 0.1) is 5.69 Å². The van der Waals surface area contributed by atoms with Crippen LogP contribution in [0, 0.1) is 0 Å². The molecule has 51 heavy (non-hydrogen) atoms. The van der Waals surface area contributed by atoms with Gasteiger partial charge in [0.2, 0.25) is 0 Å². The van der Waals surface area contributed by atoms with Gasteiger partial charge in [-0.1, -0.05) is 158 Å². The highest BCUT2D eigenvalue weighted by atomic mass is 15.4. The van der Waals surface area contributed by atoms with Crippen LogP contribution in [0.4, 0.5) is 17.2 Å². The average Bonchev–Trinajstić information content (AvgIpc) is 3.61. The number of nitrogens with one attached hydrogen (secondary N) is 1. The largest absolute Gasteiger partial charge is 0.358 e. The predicted molar refractivity (Wildman–Crippen MR) is 213 cm³/mol. The molecule has 7 aromatic carbocycles.